The molecule has 52 valence electrons. The fourth-order valence-electron chi connectivity index (χ4n) is 1.13. The lowest BCUT2D eigenvalue weighted by Gasteiger charge is -2.23. The molecule has 2 aliphatic rings. The van der Waals surface area contributed by atoms with Crippen molar-refractivity contribution < 1.29 is 0 Å². The van der Waals surface area contributed by atoms with Gasteiger partial charge in [-0.05, 0) is 12.2 Å². The highest BCUT2D eigenvalue weighted by Crippen LogP contribution is 2.16. The van der Waals surface area contributed by atoms with Gasteiger partial charge in [0.05, 0.1) is 17.9 Å². The molecule has 0 aromatic heterocycles. The Bertz CT molecular complexity index is 237. The zero-order chi connectivity index (χ0) is 6.97. The van der Waals surface area contributed by atoms with Crippen molar-refractivity contribution in [2.45, 2.75) is 0 Å². The van der Waals surface area contributed by atoms with Gasteiger partial charge in [0.2, 0.25) is 0 Å². The Morgan fingerprint density at radius 2 is 2.40 bits per heavy atom. The maximum absolute atomic E-state index is 5.68. The molecule has 2 heterocycles. The van der Waals surface area contributed by atoms with Crippen LogP contribution in [0.1, 0.15) is 0 Å². The van der Waals surface area contributed by atoms with Crippen LogP contribution in [0, 0.1) is 0 Å². The van der Waals surface area contributed by atoms with E-state index < -0.39 is 0 Å². The number of rotatable bonds is 0. The minimum atomic E-state index is 0.826. The van der Waals surface area contributed by atoms with Crippen molar-refractivity contribution in [2.75, 3.05) is 6.54 Å². The lowest BCUT2D eigenvalue weighted by atomic mass is 10.3. The average Bonchev–Trinajstić information content (AvgIpc) is 2.36. The summed E-state index contributed by atoms with van der Waals surface area (Å²) >= 11 is 0. The third-order valence-electron chi connectivity index (χ3n) is 1.64. The molecule has 3 N–H and O–H groups in total. The summed E-state index contributed by atoms with van der Waals surface area (Å²) in [5, 5.41) is 2.00. The van der Waals surface area contributed by atoms with E-state index in [1.807, 2.05) is 23.4 Å². The molecule has 0 unspecified atom stereocenters. The van der Waals surface area contributed by atoms with Gasteiger partial charge in [-0.25, -0.2) is 0 Å². The van der Waals surface area contributed by atoms with Crippen LogP contribution in [0.4, 0.5) is 0 Å². The quantitative estimate of drug-likeness (QED) is 0.493. The Morgan fingerprint density at radius 3 is 3.20 bits per heavy atom. The van der Waals surface area contributed by atoms with E-state index in [0.29, 0.717) is 0 Å². The lowest BCUT2D eigenvalue weighted by Crippen LogP contribution is -2.34. The van der Waals surface area contributed by atoms with Gasteiger partial charge in [-0.3, -0.25) is 5.01 Å². The van der Waals surface area contributed by atoms with Crippen LogP contribution in [0.25, 0.3) is 0 Å². The van der Waals surface area contributed by atoms with Gasteiger partial charge < -0.3 is 11.2 Å². The predicted octanol–water partition coefficient (Wildman–Crippen LogP) is 0.0604. The van der Waals surface area contributed by atoms with Gasteiger partial charge in [-0.15, -0.1) is 0 Å². The highest BCUT2D eigenvalue weighted by atomic mass is 15.5. The van der Waals surface area contributed by atoms with Crippen molar-refractivity contribution in [1.29, 1.82) is 0 Å². The Labute approximate surface area is 59.5 Å². The minimum absolute atomic E-state index is 0.826. The smallest absolute Gasteiger partial charge is 0.0802 e. The van der Waals surface area contributed by atoms with Crippen LogP contribution in [0.2, 0.25) is 0 Å². The second kappa shape index (κ2) is 1.80. The summed E-state index contributed by atoms with van der Waals surface area (Å²) in [6.07, 6.45) is 7.79. The molecule has 0 saturated heterocycles. The molecule has 0 atom stereocenters. The average molecular weight is 135 g/mol. The van der Waals surface area contributed by atoms with Gasteiger partial charge in [0.1, 0.15) is 0 Å². The zero-order valence-corrected chi connectivity index (χ0v) is 5.54. The standard InChI is InChI=1S/C7H9N3/c8-6-3-4-9-10-5-1-2-7(6)10/h1-4,9H,5,8H2. The van der Waals surface area contributed by atoms with E-state index in [1.54, 1.807) is 0 Å². The predicted molar refractivity (Wildman–Crippen MR) is 39.3 cm³/mol. The molecule has 3 nitrogen and oxygen atoms in total. The molecular formula is C7H9N3. The fraction of sp³-hybridized carbons (Fsp3) is 0.143. The van der Waals surface area contributed by atoms with Gasteiger partial charge in [0, 0.05) is 6.20 Å². The van der Waals surface area contributed by atoms with Crippen molar-refractivity contribution >= 4 is 0 Å². The first-order chi connectivity index (χ1) is 4.88. The summed E-state index contributed by atoms with van der Waals surface area (Å²) in [4.78, 5) is 0. The van der Waals surface area contributed by atoms with E-state index in [1.165, 1.54) is 0 Å². The summed E-state index contributed by atoms with van der Waals surface area (Å²) < 4.78 is 0. The van der Waals surface area contributed by atoms with Crippen LogP contribution in [0.3, 0.4) is 0 Å². The number of fused-ring (bicyclic) bond motifs is 1. The number of hydrogen-bond acceptors (Lipinski definition) is 3. The van der Waals surface area contributed by atoms with Crippen molar-refractivity contribution in [3.8, 4) is 0 Å². The number of nitrogens with one attached hydrogen (secondary N) is 1. The van der Waals surface area contributed by atoms with Gasteiger partial charge in [0.15, 0.2) is 0 Å². The number of nitrogens with zero attached hydrogens (tertiary/aromatic N) is 1. The Kier molecular flexibility index (Phi) is 0.974. The summed E-state index contributed by atoms with van der Waals surface area (Å²) in [6, 6.07) is 0. The summed E-state index contributed by atoms with van der Waals surface area (Å²) in [6.45, 7) is 0.903. The van der Waals surface area contributed by atoms with Crippen LogP contribution in [0.15, 0.2) is 35.8 Å². The highest BCUT2D eigenvalue weighted by Gasteiger charge is 2.14. The molecule has 0 amide bonds. The van der Waals surface area contributed by atoms with Crippen LogP contribution in [0.5, 0.6) is 0 Å². The normalized spacial score (nSPS) is 21.4. The first-order valence-corrected chi connectivity index (χ1v) is 3.24. The Morgan fingerprint density at radius 1 is 1.50 bits per heavy atom. The molecule has 0 radical (unpaired) electrons. The van der Waals surface area contributed by atoms with E-state index in [4.69, 9.17) is 5.73 Å². The molecule has 0 fully saturated rings. The van der Waals surface area contributed by atoms with Crippen LogP contribution in [-0.4, -0.2) is 11.6 Å². The maximum atomic E-state index is 5.68. The molecule has 0 saturated carbocycles. The molecule has 2 aliphatic heterocycles. The number of allylic oxidation sites excluding steroid dienone is 2. The van der Waals surface area contributed by atoms with E-state index in [9.17, 15) is 0 Å². The Balaban J connectivity index is 2.41. The lowest BCUT2D eigenvalue weighted by molar-refractivity contribution is 0.333. The number of hydrazine groups is 1. The molecule has 0 aromatic rings. The van der Waals surface area contributed by atoms with Gasteiger partial charge in [0.25, 0.3) is 0 Å². The first kappa shape index (κ1) is 5.41. The van der Waals surface area contributed by atoms with Crippen molar-refractivity contribution in [2.24, 2.45) is 5.73 Å². The third kappa shape index (κ3) is 0.603. The molecule has 0 bridgehead atoms. The topological polar surface area (TPSA) is 41.3 Å². The number of hydrogen-bond donors (Lipinski definition) is 2. The maximum Gasteiger partial charge on any atom is 0.0802 e. The van der Waals surface area contributed by atoms with E-state index in [2.05, 4.69) is 11.5 Å². The SMILES string of the molecule is NC1=C2C=CCN2NC=C1. The second-order valence-corrected chi connectivity index (χ2v) is 2.32. The molecule has 0 aliphatic carbocycles. The van der Waals surface area contributed by atoms with Gasteiger partial charge >= 0.3 is 0 Å². The molecule has 0 aromatic carbocycles. The molecule has 2 rings (SSSR count). The van der Waals surface area contributed by atoms with Crippen molar-refractivity contribution in [3.05, 3.63) is 35.8 Å². The molecule has 10 heavy (non-hydrogen) atoms. The minimum Gasteiger partial charge on any atom is -0.397 e. The summed E-state index contributed by atoms with van der Waals surface area (Å²) in [5.41, 5.74) is 10.6. The zero-order valence-electron chi connectivity index (χ0n) is 5.54. The first-order valence-electron chi connectivity index (χ1n) is 3.24. The van der Waals surface area contributed by atoms with E-state index in [-0.39, 0.29) is 0 Å². The number of nitrogens with two attached hydrogens (primary N) is 1. The monoisotopic (exact) mass is 135 g/mol. The van der Waals surface area contributed by atoms with Crippen LogP contribution in [-0.2, 0) is 0 Å². The third-order valence-corrected chi connectivity index (χ3v) is 1.64. The summed E-state index contributed by atoms with van der Waals surface area (Å²) in [5.74, 6) is 0. The van der Waals surface area contributed by atoms with Crippen molar-refractivity contribution in [1.82, 2.24) is 10.4 Å². The van der Waals surface area contributed by atoms with Gasteiger partial charge in [-0.1, -0.05) is 6.08 Å². The van der Waals surface area contributed by atoms with E-state index in [0.717, 1.165) is 17.9 Å². The van der Waals surface area contributed by atoms with Crippen LogP contribution < -0.4 is 11.2 Å². The van der Waals surface area contributed by atoms with Crippen molar-refractivity contribution in [3.63, 3.8) is 0 Å². The largest absolute Gasteiger partial charge is 0.397 e. The molecule has 0 spiro atoms. The Hall–Kier alpha value is -1.38. The fourth-order valence-corrected chi connectivity index (χ4v) is 1.13. The van der Waals surface area contributed by atoms with E-state index >= 15 is 0 Å². The van der Waals surface area contributed by atoms with Gasteiger partial charge in [-0.2, -0.15) is 0 Å². The highest BCUT2D eigenvalue weighted by molar-refractivity contribution is 5.35. The van der Waals surface area contributed by atoms with Crippen LogP contribution >= 0.6 is 0 Å². The molecule has 3 heteroatoms. The molecular weight excluding hydrogens is 126 g/mol. The summed E-state index contributed by atoms with van der Waals surface area (Å²) in [7, 11) is 0. The second-order valence-electron chi connectivity index (χ2n) is 2.32.